The molecule has 1 saturated heterocycles. The molecule has 10 heteroatoms. The summed E-state index contributed by atoms with van der Waals surface area (Å²) in [5.41, 5.74) is 5.44. The van der Waals surface area contributed by atoms with Gasteiger partial charge in [-0.25, -0.2) is 14.3 Å². The van der Waals surface area contributed by atoms with Crippen LogP contribution in [0.4, 0.5) is 4.79 Å². The van der Waals surface area contributed by atoms with Gasteiger partial charge in [-0.3, -0.25) is 10.00 Å². The number of carbonyl (C=O) groups is 1. The standard InChI is InChI=1S/C27H22ClN7O2/c1-3-17-8-18-12-33-6-7-34(27(36)35-15-30-10-19(35)9-29)13-20(33)14-37-26(18)25(28)24(17)23-16(2)4-5-22-21(23)11-31-32-22/h1,4-5,8,10-11,15,20H,6-7,12-14H2,2H3,(H,31,32). The van der Waals surface area contributed by atoms with Crippen molar-refractivity contribution in [3.05, 3.63) is 64.3 Å². The number of H-pyrrole nitrogens is 1. The van der Waals surface area contributed by atoms with Gasteiger partial charge in [0.25, 0.3) is 0 Å². The largest absolute Gasteiger partial charge is 0.490 e. The second-order valence-electron chi connectivity index (χ2n) is 9.26. The Labute approximate surface area is 218 Å². The first-order chi connectivity index (χ1) is 18.0. The van der Waals surface area contributed by atoms with Gasteiger partial charge in [0.2, 0.25) is 0 Å². The summed E-state index contributed by atoms with van der Waals surface area (Å²) in [4.78, 5) is 21.0. The lowest BCUT2D eigenvalue weighted by Crippen LogP contribution is -2.56. The molecule has 0 saturated carbocycles. The van der Waals surface area contributed by atoms with Crippen LogP contribution < -0.4 is 4.74 Å². The number of imidazole rings is 1. The lowest BCUT2D eigenvalue weighted by Gasteiger charge is -2.39. The molecule has 0 aliphatic carbocycles. The number of terminal acetylenes is 1. The Kier molecular flexibility index (Phi) is 5.60. The molecule has 0 bridgehead atoms. The summed E-state index contributed by atoms with van der Waals surface area (Å²) in [6, 6.07) is 7.67. The van der Waals surface area contributed by atoms with Crippen LogP contribution in [0.25, 0.3) is 22.0 Å². The molecule has 2 aromatic heterocycles. The maximum Gasteiger partial charge on any atom is 0.330 e. The monoisotopic (exact) mass is 511 g/mol. The fourth-order valence-corrected chi connectivity index (χ4v) is 5.66. The predicted octanol–water partition coefficient (Wildman–Crippen LogP) is 3.79. The molecule has 1 unspecified atom stereocenters. The van der Waals surface area contributed by atoms with Gasteiger partial charge in [0.1, 0.15) is 30.4 Å². The van der Waals surface area contributed by atoms with Crippen LogP contribution in [-0.2, 0) is 6.54 Å². The highest BCUT2D eigenvalue weighted by Crippen LogP contribution is 2.45. The van der Waals surface area contributed by atoms with Crippen molar-refractivity contribution in [2.24, 2.45) is 0 Å². The Bertz CT molecular complexity index is 1640. The number of benzene rings is 2. The maximum absolute atomic E-state index is 13.1. The number of amides is 1. The molecule has 0 spiro atoms. The number of nitriles is 1. The van der Waals surface area contributed by atoms with Gasteiger partial charge in [-0.2, -0.15) is 10.4 Å². The summed E-state index contributed by atoms with van der Waals surface area (Å²) in [5.74, 6) is 3.45. The molecule has 1 amide bonds. The number of fused-ring (bicyclic) bond motifs is 3. The highest BCUT2D eigenvalue weighted by atomic mass is 35.5. The van der Waals surface area contributed by atoms with Crippen molar-refractivity contribution in [1.29, 1.82) is 5.26 Å². The summed E-state index contributed by atoms with van der Waals surface area (Å²) in [7, 11) is 0. The molecule has 2 aliphatic rings. The van der Waals surface area contributed by atoms with E-state index >= 15 is 0 Å². The van der Waals surface area contributed by atoms with Crippen molar-refractivity contribution in [3.8, 4) is 35.3 Å². The molecule has 2 aromatic carbocycles. The van der Waals surface area contributed by atoms with E-state index in [1.165, 1.54) is 17.1 Å². The van der Waals surface area contributed by atoms with Gasteiger partial charge in [-0.15, -0.1) is 6.42 Å². The van der Waals surface area contributed by atoms with Gasteiger partial charge in [0.05, 0.1) is 29.0 Å². The summed E-state index contributed by atoms with van der Waals surface area (Å²) < 4.78 is 7.61. The van der Waals surface area contributed by atoms with Crippen LogP contribution in [0.1, 0.15) is 22.4 Å². The number of ether oxygens (including phenoxy) is 1. The van der Waals surface area contributed by atoms with Crippen LogP contribution in [0.15, 0.2) is 36.9 Å². The molecule has 4 heterocycles. The first-order valence-corrected chi connectivity index (χ1v) is 12.2. The third-order valence-corrected chi connectivity index (χ3v) is 7.52. The van der Waals surface area contributed by atoms with E-state index in [1.807, 2.05) is 31.2 Å². The van der Waals surface area contributed by atoms with Crippen LogP contribution in [0.2, 0.25) is 5.02 Å². The summed E-state index contributed by atoms with van der Waals surface area (Å²) in [6.45, 7) is 4.59. The number of aromatic amines is 1. The number of carbonyl (C=O) groups excluding carboxylic acids is 1. The van der Waals surface area contributed by atoms with Crippen LogP contribution in [0.5, 0.6) is 5.75 Å². The average Bonchev–Trinajstić information content (AvgIpc) is 3.54. The van der Waals surface area contributed by atoms with Gasteiger partial charge in [0.15, 0.2) is 0 Å². The molecule has 4 aromatic rings. The van der Waals surface area contributed by atoms with E-state index in [9.17, 15) is 10.1 Å². The van der Waals surface area contributed by atoms with Crippen LogP contribution in [0.3, 0.4) is 0 Å². The highest BCUT2D eigenvalue weighted by molar-refractivity contribution is 6.35. The van der Waals surface area contributed by atoms with E-state index < -0.39 is 0 Å². The number of aromatic nitrogens is 4. The Morgan fingerprint density at radius 2 is 2.16 bits per heavy atom. The quantitative estimate of drug-likeness (QED) is 0.390. The molecule has 2 aliphatic heterocycles. The summed E-state index contributed by atoms with van der Waals surface area (Å²) in [6.07, 6.45) is 10.5. The molecular weight excluding hydrogens is 490 g/mol. The Balaban J connectivity index is 1.34. The van der Waals surface area contributed by atoms with Crippen molar-refractivity contribution in [2.75, 3.05) is 26.2 Å². The number of hydrogen-bond donors (Lipinski definition) is 1. The highest BCUT2D eigenvalue weighted by Gasteiger charge is 2.35. The molecule has 184 valence electrons. The molecule has 6 rings (SSSR count). The Morgan fingerprint density at radius 1 is 1.30 bits per heavy atom. The van der Waals surface area contributed by atoms with Crippen LogP contribution in [0, 0.1) is 30.6 Å². The minimum absolute atomic E-state index is 0.0491. The zero-order valence-electron chi connectivity index (χ0n) is 20.0. The minimum Gasteiger partial charge on any atom is -0.490 e. The third-order valence-electron chi connectivity index (χ3n) is 7.16. The van der Waals surface area contributed by atoms with Gasteiger partial charge in [-0.05, 0) is 30.2 Å². The van der Waals surface area contributed by atoms with E-state index in [0.717, 1.165) is 33.2 Å². The summed E-state index contributed by atoms with van der Waals surface area (Å²) >= 11 is 7.06. The summed E-state index contributed by atoms with van der Waals surface area (Å²) in [5, 5.41) is 17.9. The maximum atomic E-state index is 13.1. The molecular formula is C27H22ClN7O2. The van der Waals surface area contributed by atoms with Crippen LogP contribution in [-0.4, -0.2) is 67.9 Å². The van der Waals surface area contributed by atoms with Gasteiger partial charge in [0, 0.05) is 48.3 Å². The lowest BCUT2D eigenvalue weighted by molar-refractivity contribution is 0.0657. The second kappa shape index (κ2) is 8.97. The molecule has 1 N–H and O–H groups in total. The zero-order valence-corrected chi connectivity index (χ0v) is 20.8. The number of halogens is 1. The molecule has 1 atom stereocenters. The SMILES string of the molecule is C#Cc1cc2c(c(Cl)c1-c1c(C)ccc3[nH]ncc13)OCC1CN(C(=O)n3cncc3C#N)CCN1C2. The minimum atomic E-state index is -0.269. The third kappa shape index (κ3) is 3.72. The van der Waals surface area contributed by atoms with Crippen molar-refractivity contribution in [2.45, 2.75) is 19.5 Å². The van der Waals surface area contributed by atoms with E-state index in [0.29, 0.717) is 49.1 Å². The molecule has 37 heavy (non-hydrogen) atoms. The lowest BCUT2D eigenvalue weighted by atomic mass is 9.91. The van der Waals surface area contributed by atoms with Crippen LogP contribution >= 0.6 is 11.6 Å². The predicted molar refractivity (Wildman–Crippen MR) is 138 cm³/mol. The smallest absolute Gasteiger partial charge is 0.330 e. The normalized spacial score (nSPS) is 17.3. The van der Waals surface area contributed by atoms with Gasteiger partial charge < -0.3 is 9.64 Å². The Morgan fingerprint density at radius 3 is 2.97 bits per heavy atom. The van der Waals surface area contributed by atoms with E-state index in [4.69, 9.17) is 22.8 Å². The second-order valence-corrected chi connectivity index (χ2v) is 9.64. The molecule has 0 radical (unpaired) electrons. The van der Waals surface area contributed by atoms with Crippen molar-refractivity contribution in [3.63, 3.8) is 0 Å². The first kappa shape index (κ1) is 23.1. The number of nitrogens with zero attached hydrogens (tertiary/aromatic N) is 6. The van der Waals surface area contributed by atoms with Crippen molar-refractivity contribution >= 4 is 28.5 Å². The first-order valence-electron chi connectivity index (χ1n) is 11.8. The van der Waals surface area contributed by atoms with Crippen molar-refractivity contribution in [1.82, 2.24) is 29.5 Å². The number of nitrogens with one attached hydrogen (secondary N) is 1. The van der Waals surface area contributed by atoms with Gasteiger partial charge >= 0.3 is 6.03 Å². The number of hydrogen-bond acceptors (Lipinski definition) is 6. The topological polar surface area (TPSA) is 103 Å². The molecule has 1 fully saturated rings. The number of aryl methyl sites for hydroxylation is 1. The number of rotatable bonds is 1. The van der Waals surface area contributed by atoms with Crippen molar-refractivity contribution < 1.29 is 9.53 Å². The van der Waals surface area contributed by atoms with E-state index in [1.54, 1.807) is 11.1 Å². The fraction of sp³-hybridized carbons (Fsp3) is 0.259. The van der Waals surface area contributed by atoms with E-state index in [-0.39, 0.29) is 17.8 Å². The molecule has 9 nitrogen and oxygen atoms in total. The number of piperazine rings is 1. The Hall–Kier alpha value is -4.31. The average molecular weight is 512 g/mol. The fourth-order valence-electron chi connectivity index (χ4n) is 5.29. The van der Waals surface area contributed by atoms with E-state index in [2.05, 4.69) is 26.0 Å². The zero-order chi connectivity index (χ0) is 25.7. The van der Waals surface area contributed by atoms with Gasteiger partial charge in [-0.1, -0.05) is 23.6 Å².